The summed E-state index contributed by atoms with van der Waals surface area (Å²) in [4.78, 5) is 17.9. The molecule has 1 saturated heterocycles. The smallest absolute Gasteiger partial charge is 0.412 e. The lowest BCUT2D eigenvalue weighted by Crippen LogP contribution is -2.37. The van der Waals surface area contributed by atoms with E-state index in [0.29, 0.717) is 56.1 Å². The van der Waals surface area contributed by atoms with Crippen LogP contribution in [0.5, 0.6) is 17.2 Å². The van der Waals surface area contributed by atoms with Crippen LogP contribution in [0.4, 0.5) is 10.5 Å². The maximum atomic E-state index is 13.8. The molecular formula is C27H30N2O10S. The zero-order valence-electron chi connectivity index (χ0n) is 21.6. The maximum Gasteiger partial charge on any atom is 0.412 e. The van der Waals surface area contributed by atoms with Gasteiger partial charge in [0.05, 0.1) is 29.1 Å². The second-order valence-corrected chi connectivity index (χ2v) is 11.0. The molecule has 40 heavy (non-hydrogen) atoms. The molecule has 1 fully saturated rings. The first-order valence-corrected chi connectivity index (χ1v) is 14.3. The molecule has 1 aromatic heterocycles. The van der Waals surface area contributed by atoms with Crippen LogP contribution in [0.25, 0.3) is 0 Å². The number of benzene rings is 2. The Morgan fingerprint density at radius 1 is 1.10 bits per heavy atom. The molecule has 2 aliphatic heterocycles. The number of sulfonamides is 1. The molecule has 2 aromatic carbocycles. The van der Waals surface area contributed by atoms with Gasteiger partial charge in [0, 0.05) is 31.9 Å². The van der Waals surface area contributed by atoms with Gasteiger partial charge in [-0.15, -0.1) is 4.47 Å². The van der Waals surface area contributed by atoms with Crippen molar-refractivity contribution in [3.8, 4) is 17.2 Å². The van der Waals surface area contributed by atoms with E-state index in [4.69, 9.17) is 28.2 Å². The van der Waals surface area contributed by atoms with Crippen molar-refractivity contribution >= 4 is 21.8 Å². The highest BCUT2D eigenvalue weighted by Gasteiger charge is 2.31. The minimum absolute atomic E-state index is 0.00184. The summed E-state index contributed by atoms with van der Waals surface area (Å²) >= 11 is 0. The third kappa shape index (κ3) is 6.86. The van der Waals surface area contributed by atoms with Gasteiger partial charge in [0.15, 0.2) is 17.2 Å². The van der Waals surface area contributed by atoms with Crippen molar-refractivity contribution in [1.82, 2.24) is 5.32 Å². The predicted octanol–water partition coefficient (Wildman–Crippen LogP) is 3.40. The summed E-state index contributed by atoms with van der Waals surface area (Å²) in [7, 11) is -4.15. The second kappa shape index (κ2) is 12.6. The first kappa shape index (κ1) is 27.8. The van der Waals surface area contributed by atoms with Crippen molar-refractivity contribution in [3.05, 3.63) is 66.6 Å². The summed E-state index contributed by atoms with van der Waals surface area (Å²) in [6.45, 7) is 0.957. The fourth-order valence-electron chi connectivity index (χ4n) is 4.22. The first-order valence-electron chi connectivity index (χ1n) is 12.8. The highest BCUT2D eigenvalue weighted by Crippen LogP contribution is 2.36. The molecule has 0 saturated carbocycles. The number of aliphatic hydroxyl groups excluding tert-OH is 1. The largest absolute Gasteiger partial charge is 0.469 e. The minimum Gasteiger partial charge on any atom is -0.469 e. The SMILES string of the molecule is O=C(NCC(O)CCc1cccc(N(OC2CCOCC2)S(=O)(=O)c2ccc3c(c2)OCO3)c1)Oc1ccoc1. The van der Waals surface area contributed by atoms with E-state index in [9.17, 15) is 18.3 Å². The molecular weight excluding hydrogens is 544 g/mol. The molecule has 2 N–H and O–H groups in total. The molecule has 5 rings (SSSR count). The Morgan fingerprint density at radius 3 is 2.73 bits per heavy atom. The van der Waals surface area contributed by atoms with E-state index in [0.717, 1.165) is 10.0 Å². The lowest BCUT2D eigenvalue weighted by molar-refractivity contribution is -0.0266. The number of aryl methyl sites for hydroxylation is 1. The summed E-state index contributed by atoms with van der Waals surface area (Å²) in [5.41, 5.74) is 1.09. The van der Waals surface area contributed by atoms with Crippen LogP contribution in [0.3, 0.4) is 0 Å². The first-order chi connectivity index (χ1) is 19.4. The Bertz CT molecular complexity index is 1390. The topological polar surface area (TPSA) is 146 Å². The number of amides is 1. The van der Waals surface area contributed by atoms with E-state index >= 15 is 0 Å². The molecule has 0 aliphatic carbocycles. The van der Waals surface area contributed by atoms with Crippen LogP contribution in [0, 0.1) is 0 Å². The molecule has 1 amide bonds. The maximum absolute atomic E-state index is 13.8. The van der Waals surface area contributed by atoms with E-state index in [-0.39, 0.29) is 30.1 Å². The number of carbonyl (C=O) groups excluding carboxylic acids is 1. The Morgan fingerprint density at radius 2 is 1.93 bits per heavy atom. The molecule has 3 aromatic rings. The summed E-state index contributed by atoms with van der Waals surface area (Å²) in [5, 5.41) is 12.9. The van der Waals surface area contributed by atoms with Crippen LogP contribution in [-0.2, 0) is 26.0 Å². The third-order valence-electron chi connectivity index (χ3n) is 6.35. The summed E-state index contributed by atoms with van der Waals surface area (Å²) in [6, 6.07) is 12.8. The quantitative estimate of drug-likeness (QED) is 0.327. The Hall–Kier alpha value is -3.78. The van der Waals surface area contributed by atoms with Crippen LogP contribution in [0.1, 0.15) is 24.8 Å². The van der Waals surface area contributed by atoms with Crippen molar-refractivity contribution in [3.63, 3.8) is 0 Å². The zero-order chi connectivity index (χ0) is 28.0. The van der Waals surface area contributed by atoms with Gasteiger partial charge >= 0.3 is 6.09 Å². The average Bonchev–Trinajstić information content (AvgIpc) is 3.66. The van der Waals surface area contributed by atoms with Crippen LogP contribution in [-0.4, -0.2) is 58.4 Å². The highest BCUT2D eigenvalue weighted by atomic mass is 32.2. The van der Waals surface area contributed by atoms with E-state index in [1.807, 2.05) is 6.07 Å². The average molecular weight is 575 g/mol. The highest BCUT2D eigenvalue weighted by molar-refractivity contribution is 7.92. The second-order valence-electron chi connectivity index (χ2n) is 9.26. The van der Waals surface area contributed by atoms with Gasteiger partial charge < -0.3 is 33.8 Å². The van der Waals surface area contributed by atoms with Gasteiger partial charge in [0.1, 0.15) is 6.26 Å². The van der Waals surface area contributed by atoms with Gasteiger partial charge in [0.2, 0.25) is 6.79 Å². The molecule has 2 aliphatic rings. The van der Waals surface area contributed by atoms with Gasteiger partial charge in [-0.25, -0.2) is 4.79 Å². The number of furan rings is 1. The number of fused-ring (bicyclic) bond motifs is 1. The Labute approximate surface area is 231 Å². The van der Waals surface area contributed by atoms with E-state index in [1.54, 1.807) is 24.3 Å². The fourth-order valence-corrected chi connectivity index (χ4v) is 5.53. The summed E-state index contributed by atoms with van der Waals surface area (Å²) in [5.74, 6) is 1.07. The molecule has 3 heterocycles. The standard InChI is InChI=1S/C27H30N2O10S/c30-21(16-28-27(31)38-23-10-13-35-17-23)5-4-19-2-1-3-20(14-19)29(39-22-8-11-34-12-9-22)40(32,33)24-6-7-25-26(15-24)37-18-36-25/h1-3,6-7,10,13-15,17,21-22,30H,4-5,8-9,11-12,16,18H2,(H,28,31). The van der Waals surface area contributed by atoms with E-state index in [1.165, 1.54) is 30.7 Å². The molecule has 1 atom stereocenters. The van der Waals surface area contributed by atoms with Crippen molar-refractivity contribution in [2.75, 3.05) is 31.0 Å². The third-order valence-corrected chi connectivity index (χ3v) is 7.93. The van der Waals surface area contributed by atoms with Gasteiger partial charge in [-0.1, -0.05) is 12.1 Å². The number of nitrogens with one attached hydrogen (secondary N) is 1. The van der Waals surface area contributed by atoms with Gasteiger partial charge in [-0.05, 0) is 55.5 Å². The monoisotopic (exact) mass is 574 g/mol. The Balaban J connectivity index is 1.27. The number of hydrogen-bond acceptors (Lipinski definition) is 10. The molecule has 0 radical (unpaired) electrons. The molecule has 0 bridgehead atoms. The Kier molecular flexibility index (Phi) is 8.75. The van der Waals surface area contributed by atoms with Crippen LogP contribution in [0.15, 0.2) is 70.4 Å². The van der Waals surface area contributed by atoms with Gasteiger partial charge in [-0.2, -0.15) is 8.42 Å². The minimum atomic E-state index is -4.15. The molecule has 0 spiro atoms. The van der Waals surface area contributed by atoms with Crippen LogP contribution in [0.2, 0.25) is 0 Å². The van der Waals surface area contributed by atoms with Crippen molar-refractivity contribution < 1.29 is 46.5 Å². The van der Waals surface area contributed by atoms with E-state index < -0.39 is 22.2 Å². The number of carbonyl (C=O) groups is 1. The normalized spacial score (nSPS) is 15.9. The number of nitrogens with zero attached hydrogens (tertiary/aromatic N) is 1. The number of rotatable bonds is 11. The number of anilines is 1. The molecule has 1 unspecified atom stereocenters. The van der Waals surface area contributed by atoms with Crippen LogP contribution < -0.4 is 24.0 Å². The van der Waals surface area contributed by atoms with Crippen molar-refractivity contribution in [1.29, 1.82) is 0 Å². The van der Waals surface area contributed by atoms with Gasteiger partial charge in [0.25, 0.3) is 10.0 Å². The zero-order valence-corrected chi connectivity index (χ0v) is 22.4. The van der Waals surface area contributed by atoms with Crippen molar-refractivity contribution in [2.24, 2.45) is 0 Å². The van der Waals surface area contributed by atoms with E-state index in [2.05, 4.69) is 5.32 Å². The predicted molar refractivity (Wildman–Crippen MR) is 141 cm³/mol. The summed E-state index contributed by atoms with van der Waals surface area (Å²) < 4.78 is 54.5. The molecule has 214 valence electrons. The number of hydrogen-bond donors (Lipinski definition) is 2. The summed E-state index contributed by atoms with van der Waals surface area (Å²) in [6.07, 6.45) is 2.57. The lowest BCUT2D eigenvalue weighted by atomic mass is 10.1. The van der Waals surface area contributed by atoms with Crippen molar-refractivity contribution in [2.45, 2.75) is 42.8 Å². The number of ether oxygens (including phenoxy) is 4. The molecule has 12 nitrogen and oxygen atoms in total. The number of aliphatic hydroxyl groups is 1. The fraction of sp³-hybridized carbons (Fsp3) is 0.370. The van der Waals surface area contributed by atoms with Crippen LogP contribution >= 0.6 is 0 Å². The van der Waals surface area contributed by atoms with Gasteiger partial charge in [-0.3, -0.25) is 4.84 Å². The molecule has 13 heteroatoms. The lowest BCUT2D eigenvalue weighted by Gasteiger charge is -2.30.